The van der Waals surface area contributed by atoms with Crippen LogP contribution in [0.4, 0.5) is 5.69 Å². The van der Waals surface area contributed by atoms with Crippen molar-refractivity contribution in [3.05, 3.63) is 69.8 Å². The summed E-state index contributed by atoms with van der Waals surface area (Å²) in [7, 11) is 0. The first-order valence-electron chi connectivity index (χ1n) is 7.35. The van der Waals surface area contributed by atoms with Crippen molar-refractivity contribution in [2.45, 2.75) is 6.61 Å². The minimum absolute atomic E-state index is 0.00741. The molecule has 0 atom stereocenters. The quantitative estimate of drug-likeness (QED) is 0.492. The van der Waals surface area contributed by atoms with E-state index in [0.717, 1.165) is 11.6 Å². The second-order valence-corrected chi connectivity index (χ2v) is 5.10. The highest BCUT2D eigenvalue weighted by Gasteiger charge is 2.22. The summed E-state index contributed by atoms with van der Waals surface area (Å²) in [6.07, 6.45) is 2.47. The SMILES string of the molecule is O=C(/C=C/c1cc2c(cc1[N+](=O)[O-])OCO2)NOCc1ccccc1. The number of fused-ring (bicyclic) bond motifs is 1. The van der Waals surface area contributed by atoms with Crippen LogP contribution in [-0.2, 0) is 16.2 Å². The molecule has 0 aliphatic carbocycles. The monoisotopic (exact) mass is 342 g/mol. The third kappa shape index (κ3) is 4.12. The van der Waals surface area contributed by atoms with Gasteiger partial charge in [0, 0.05) is 6.08 Å². The lowest BCUT2D eigenvalue weighted by Gasteiger charge is -2.04. The number of benzene rings is 2. The largest absolute Gasteiger partial charge is 0.454 e. The zero-order valence-corrected chi connectivity index (χ0v) is 13.0. The number of hydroxylamine groups is 1. The molecular formula is C17H14N2O6. The van der Waals surface area contributed by atoms with Crippen molar-refractivity contribution in [3.63, 3.8) is 0 Å². The molecular weight excluding hydrogens is 328 g/mol. The molecule has 1 heterocycles. The second-order valence-electron chi connectivity index (χ2n) is 5.10. The highest BCUT2D eigenvalue weighted by atomic mass is 16.7. The molecule has 0 saturated carbocycles. The van der Waals surface area contributed by atoms with Crippen molar-refractivity contribution >= 4 is 17.7 Å². The standard InChI is InChI=1S/C17H14N2O6/c20-17(18-25-10-12-4-2-1-3-5-12)7-6-13-8-15-16(24-11-23-15)9-14(13)19(21)22/h1-9H,10-11H2,(H,18,20)/b7-6+. The number of amides is 1. The average molecular weight is 342 g/mol. The number of carbonyl (C=O) groups excluding carboxylic acids is 1. The number of nitrogens with zero attached hydrogens (tertiary/aromatic N) is 1. The van der Waals surface area contributed by atoms with E-state index in [0.29, 0.717) is 11.5 Å². The van der Waals surface area contributed by atoms with Gasteiger partial charge in [-0.3, -0.25) is 19.7 Å². The molecule has 0 spiro atoms. The van der Waals surface area contributed by atoms with Gasteiger partial charge in [0.25, 0.3) is 11.6 Å². The summed E-state index contributed by atoms with van der Waals surface area (Å²) >= 11 is 0. The van der Waals surface area contributed by atoms with Gasteiger partial charge in [-0.05, 0) is 17.7 Å². The summed E-state index contributed by atoms with van der Waals surface area (Å²) < 4.78 is 10.3. The summed E-state index contributed by atoms with van der Waals surface area (Å²) in [6, 6.07) is 12.0. The van der Waals surface area contributed by atoms with E-state index in [9.17, 15) is 14.9 Å². The Morgan fingerprint density at radius 2 is 1.96 bits per heavy atom. The Hall–Kier alpha value is -3.39. The maximum absolute atomic E-state index is 11.8. The zero-order valence-electron chi connectivity index (χ0n) is 13.0. The normalized spacial score (nSPS) is 12.3. The van der Waals surface area contributed by atoms with Gasteiger partial charge in [-0.25, -0.2) is 5.48 Å². The van der Waals surface area contributed by atoms with Crippen LogP contribution < -0.4 is 15.0 Å². The van der Waals surface area contributed by atoms with E-state index in [-0.39, 0.29) is 24.7 Å². The molecule has 1 amide bonds. The topological polar surface area (TPSA) is 99.9 Å². The minimum Gasteiger partial charge on any atom is -0.454 e. The van der Waals surface area contributed by atoms with Crippen LogP contribution >= 0.6 is 0 Å². The molecule has 25 heavy (non-hydrogen) atoms. The maximum Gasteiger partial charge on any atom is 0.280 e. The number of hydrogen-bond donors (Lipinski definition) is 1. The summed E-state index contributed by atoms with van der Waals surface area (Å²) in [6.45, 7) is 0.220. The Bertz CT molecular complexity index is 819. The summed E-state index contributed by atoms with van der Waals surface area (Å²) in [5.74, 6) is 0.161. The van der Waals surface area contributed by atoms with E-state index in [1.165, 1.54) is 18.2 Å². The van der Waals surface area contributed by atoms with Crippen molar-refractivity contribution in [1.29, 1.82) is 0 Å². The zero-order chi connectivity index (χ0) is 17.6. The Labute approximate surface area is 142 Å². The molecule has 0 fully saturated rings. The third-order valence-corrected chi connectivity index (χ3v) is 3.39. The Kier molecular flexibility index (Phi) is 4.91. The first-order valence-corrected chi connectivity index (χ1v) is 7.35. The highest BCUT2D eigenvalue weighted by molar-refractivity contribution is 5.91. The highest BCUT2D eigenvalue weighted by Crippen LogP contribution is 2.38. The molecule has 0 bridgehead atoms. The molecule has 0 aromatic heterocycles. The third-order valence-electron chi connectivity index (χ3n) is 3.39. The van der Waals surface area contributed by atoms with Gasteiger partial charge in [0.05, 0.1) is 23.2 Å². The van der Waals surface area contributed by atoms with Crippen LogP contribution in [0.3, 0.4) is 0 Å². The molecule has 8 heteroatoms. The number of nitro benzene ring substituents is 1. The van der Waals surface area contributed by atoms with Gasteiger partial charge in [-0.2, -0.15) is 0 Å². The molecule has 0 saturated heterocycles. The van der Waals surface area contributed by atoms with E-state index in [4.69, 9.17) is 14.3 Å². The molecule has 1 aliphatic rings. The fourth-order valence-electron chi connectivity index (χ4n) is 2.20. The average Bonchev–Trinajstić information content (AvgIpc) is 3.07. The van der Waals surface area contributed by atoms with Gasteiger partial charge < -0.3 is 9.47 Å². The Morgan fingerprint density at radius 3 is 2.68 bits per heavy atom. The van der Waals surface area contributed by atoms with E-state index in [1.54, 1.807) is 0 Å². The Morgan fingerprint density at radius 1 is 1.24 bits per heavy atom. The molecule has 0 unspecified atom stereocenters. The summed E-state index contributed by atoms with van der Waals surface area (Å²) in [5.41, 5.74) is 3.20. The van der Waals surface area contributed by atoms with E-state index >= 15 is 0 Å². The van der Waals surface area contributed by atoms with Gasteiger partial charge in [-0.1, -0.05) is 30.3 Å². The molecule has 2 aromatic rings. The van der Waals surface area contributed by atoms with Crippen LogP contribution in [0, 0.1) is 10.1 Å². The molecule has 1 N–H and O–H groups in total. The van der Waals surface area contributed by atoms with Gasteiger partial charge in [0.15, 0.2) is 11.5 Å². The van der Waals surface area contributed by atoms with Crippen LogP contribution in [-0.4, -0.2) is 17.6 Å². The van der Waals surface area contributed by atoms with Crippen molar-refractivity contribution < 1.29 is 24.0 Å². The Balaban J connectivity index is 1.63. The maximum atomic E-state index is 11.8. The molecule has 3 rings (SSSR count). The van der Waals surface area contributed by atoms with Crippen molar-refractivity contribution in [3.8, 4) is 11.5 Å². The van der Waals surface area contributed by atoms with Gasteiger partial charge in [-0.15, -0.1) is 0 Å². The lowest BCUT2D eigenvalue weighted by Crippen LogP contribution is -2.21. The lowest BCUT2D eigenvalue weighted by atomic mass is 10.1. The molecule has 0 radical (unpaired) electrons. The predicted molar refractivity (Wildman–Crippen MR) is 87.6 cm³/mol. The van der Waals surface area contributed by atoms with Gasteiger partial charge in [0.1, 0.15) is 0 Å². The van der Waals surface area contributed by atoms with Gasteiger partial charge >= 0.3 is 0 Å². The first-order chi connectivity index (χ1) is 12.1. The van der Waals surface area contributed by atoms with Crippen molar-refractivity contribution in [1.82, 2.24) is 5.48 Å². The number of hydrogen-bond acceptors (Lipinski definition) is 6. The van der Waals surface area contributed by atoms with Crippen LogP contribution in [0.1, 0.15) is 11.1 Å². The molecule has 128 valence electrons. The van der Waals surface area contributed by atoms with Crippen LogP contribution in [0.5, 0.6) is 11.5 Å². The lowest BCUT2D eigenvalue weighted by molar-refractivity contribution is -0.385. The summed E-state index contributed by atoms with van der Waals surface area (Å²) in [5, 5.41) is 11.1. The van der Waals surface area contributed by atoms with E-state index < -0.39 is 10.8 Å². The fraction of sp³-hybridized carbons (Fsp3) is 0.118. The van der Waals surface area contributed by atoms with Crippen LogP contribution in [0.2, 0.25) is 0 Å². The van der Waals surface area contributed by atoms with Crippen molar-refractivity contribution in [2.24, 2.45) is 0 Å². The number of nitro groups is 1. The second kappa shape index (κ2) is 7.45. The molecule has 2 aromatic carbocycles. The van der Waals surface area contributed by atoms with E-state index in [2.05, 4.69) is 5.48 Å². The van der Waals surface area contributed by atoms with Crippen LogP contribution in [0.25, 0.3) is 6.08 Å². The van der Waals surface area contributed by atoms with E-state index in [1.807, 2.05) is 30.3 Å². The molecule has 8 nitrogen and oxygen atoms in total. The smallest absolute Gasteiger partial charge is 0.280 e. The minimum atomic E-state index is -0.550. The number of ether oxygens (including phenoxy) is 2. The first kappa shape index (κ1) is 16.5. The number of rotatable bonds is 6. The fourth-order valence-corrected chi connectivity index (χ4v) is 2.20. The van der Waals surface area contributed by atoms with Crippen LogP contribution in [0.15, 0.2) is 48.5 Å². The number of carbonyl (C=O) groups is 1. The molecule has 1 aliphatic heterocycles. The van der Waals surface area contributed by atoms with Gasteiger partial charge in [0.2, 0.25) is 6.79 Å². The number of nitrogens with one attached hydrogen (secondary N) is 1. The predicted octanol–water partition coefficient (Wildman–Crippen LogP) is 2.58. The summed E-state index contributed by atoms with van der Waals surface area (Å²) in [4.78, 5) is 27.5. The van der Waals surface area contributed by atoms with Crippen molar-refractivity contribution in [2.75, 3.05) is 6.79 Å².